The van der Waals surface area contributed by atoms with Crippen molar-refractivity contribution in [2.24, 2.45) is 11.8 Å². The maximum atomic E-state index is 14.1. The number of carbonyl (C=O) groups excluding carboxylic acids is 3. The zero-order valence-corrected chi connectivity index (χ0v) is 27.2. The van der Waals surface area contributed by atoms with Crippen LogP contribution in [0.25, 0.3) is 0 Å². The predicted molar refractivity (Wildman–Crippen MR) is 172 cm³/mol. The van der Waals surface area contributed by atoms with Gasteiger partial charge in [0.1, 0.15) is 17.8 Å². The van der Waals surface area contributed by atoms with Gasteiger partial charge in [0, 0.05) is 27.7 Å². The van der Waals surface area contributed by atoms with Crippen molar-refractivity contribution < 1.29 is 41.4 Å². The fourth-order valence-corrected chi connectivity index (χ4v) is 6.40. The van der Waals surface area contributed by atoms with Crippen molar-refractivity contribution >= 4 is 52.4 Å². The predicted octanol–water partition coefficient (Wildman–Crippen LogP) is 7.10. The average molecular weight is 699 g/mol. The van der Waals surface area contributed by atoms with E-state index < -0.39 is 66.4 Å². The van der Waals surface area contributed by atoms with Crippen LogP contribution in [0.5, 0.6) is 5.75 Å². The lowest BCUT2D eigenvalue weighted by atomic mass is 9.63. The van der Waals surface area contributed by atoms with Gasteiger partial charge in [-0.2, -0.15) is 13.2 Å². The molecule has 8 nitrogen and oxygen atoms in total. The zero-order valence-electron chi connectivity index (χ0n) is 25.6. The van der Waals surface area contributed by atoms with Gasteiger partial charge in [0.2, 0.25) is 11.8 Å². The van der Waals surface area contributed by atoms with E-state index in [0.29, 0.717) is 5.56 Å². The fourth-order valence-electron chi connectivity index (χ4n) is 6.15. The van der Waals surface area contributed by atoms with Gasteiger partial charge in [0.05, 0.1) is 36.9 Å². The van der Waals surface area contributed by atoms with Crippen LogP contribution in [0.3, 0.4) is 0 Å². The number of rotatable bonds is 11. The molecule has 0 saturated carbocycles. The van der Waals surface area contributed by atoms with Gasteiger partial charge in [-0.3, -0.25) is 9.59 Å². The molecule has 1 saturated heterocycles. The van der Waals surface area contributed by atoms with E-state index >= 15 is 0 Å². The molecule has 2 heterocycles. The number of alkyl halides is 4. The Morgan fingerprint density at radius 2 is 1.94 bits per heavy atom. The summed E-state index contributed by atoms with van der Waals surface area (Å²) in [5, 5.41) is 8.67. The molecule has 4 rings (SSSR count). The van der Waals surface area contributed by atoms with E-state index in [1.165, 1.54) is 55.7 Å². The van der Waals surface area contributed by atoms with Crippen molar-refractivity contribution in [1.82, 2.24) is 5.32 Å². The first-order chi connectivity index (χ1) is 22.2. The van der Waals surface area contributed by atoms with Gasteiger partial charge in [0.15, 0.2) is 0 Å². The Kier molecular flexibility index (Phi) is 11.1. The summed E-state index contributed by atoms with van der Waals surface area (Å²) >= 11 is 12.0. The SMILES string of the molecule is C=C(/C=C\C=C(\Cl)CF)[C@H]1[C@H](C(=O)Nc2ccc(C(=O)OCC)cc2OC)N[C@@H](C[C@@H](C)C(F)(F)F)[C@@]12C(=O)Nc1cc(Cl)ccc12. The van der Waals surface area contributed by atoms with Gasteiger partial charge >= 0.3 is 12.1 Å². The number of allylic oxidation sites excluding steroid dienone is 4. The third kappa shape index (κ3) is 7.19. The molecule has 1 fully saturated rings. The summed E-state index contributed by atoms with van der Waals surface area (Å²) in [5.41, 5.74) is -0.643. The Hall–Kier alpha value is -3.87. The molecule has 0 radical (unpaired) electrons. The summed E-state index contributed by atoms with van der Waals surface area (Å²) in [4.78, 5) is 40.5. The summed E-state index contributed by atoms with van der Waals surface area (Å²) in [6, 6.07) is 6.21. The number of hydrogen-bond donors (Lipinski definition) is 3. The van der Waals surface area contributed by atoms with Crippen LogP contribution in [0.4, 0.5) is 28.9 Å². The number of fused-ring (bicyclic) bond motifs is 2. The first kappa shape index (κ1) is 36.0. The smallest absolute Gasteiger partial charge is 0.391 e. The Morgan fingerprint density at radius 1 is 1.21 bits per heavy atom. The molecule has 252 valence electrons. The van der Waals surface area contributed by atoms with Crippen LogP contribution in [0.15, 0.2) is 71.8 Å². The molecule has 0 aliphatic carbocycles. The van der Waals surface area contributed by atoms with Gasteiger partial charge in [0.25, 0.3) is 0 Å². The van der Waals surface area contributed by atoms with Crippen molar-refractivity contribution in [3.8, 4) is 5.75 Å². The number of methoxy groups -OCH3 is 1. The van der Waals surface area contributed by atoms with E-state index in [2.05, 4.69) is 22.5 Å². The number of carbonyl (C=O) groups is 3. The van der Waals surface area contributed by atoms with Crippen LogP contribution >= 0.6 is 23.2 Å². The summed E-state index contributed by atoms with van der Waals surface area (Å²) < 4.78 is 65.3. The third-order valence-corrected chi connectivity index (χ3v) is 8.78. The van der Waals surface area contributed by atoms with E-state index in [1.807, 2.05) is 0 Å². The minimum atomic E-state index is -4.60. The van der Waals surface area contributed by atoms with Crippen molar-refractivity contribution in [3.63, 3.8) is 0 Å². The molecule has 1 spiro atoms. The van der Waals surface area contributed by atoms with E-state index in [4.69, 9.17) is 32.7 Å². The Morgan fingerprint density at radius 3 is 2.57 bits per heavy atom. The highest BCUT2D eigenvalue weighted by Gasteiger charge is 2.66. The average Bonchev–Trinajstić information content (AvgIpc) is 3.50. The number of hydrogen-bond acceptors (Lipinski definition) is 6. The first-order valence-corrected chi connectivity index (χ1v) is 15.3. The van der Waals surface area contributed by atoms with Gasteiger partial charge in [-0.15, -0.1) is 0 Å². The second kappa shape index (κ2) is 14.5. The normalized spacial score (nSPS) is 23.0. The monoisotopic (exact) mass is 697 g/mol. The number of ether oxygens (including phenoxy) is 2. The molecule has 47 heavy (non-hydrogen) atoms. The quantitative estimate of drug-likeness (QED) is 0.131. The van der Waals surface area contributed by atoms with Gasteiger partial charge in [-0.1, -0.05) is 54.9 Å². The minimum Gasteiger partial charge on any atom is -0.495 e. The highest BCUT2D eigenvalue weighted by molar-refractivity contribution is 6.31. The molecule has 2 aliphatic heterocycles. The molecule has 0 aromatic heterocycles. The molecule has 5 atom stereocenters. The fraction of sp³-hybridized carbons (Fsp3) is 0.364. The number of halogens is 6. The number of nitrogens with one attached hydrogen (secondary N) is 3. The van der Waals surface area contributed by atoms with Crippen LogP contribution in [0.2, 0.25) is 5.02 Å². The van der Waals surface area contributed by atoms with Crippen LogP contribution in [0.1, 0.15) is 36.2 Å². The van der Waals surface area contributed by atoms with Crippen LogP contribution in [-0.4, -0.2) is 56.4 Å². The molecule has 2 amide bonds. The minimum absolute atomic E-state index is 0.110. The first-order valence-electron chi connectivity index (χ1n) is 14.6. The second-order valence-corrected chi connectivity index (χ2v) is 12.1. The molecule has 0 bridgehead atoms. The molecular weight excluding hydrogens is 665 g/mol. The van der Waals surface area contributed by atoms with Crippen LogP contribution in [-0.2, 0) is 19.7 Å². The maximum Gasteiger partial charge on any atom is 0.391 e. The van der Waals surface area contributed by atoms with Gasteiger partial charge < -0.3 is 25.4 Å². The van der Waals surface area contributed by atoms with E-state index in [0.717, 1.165) is 6.92 Å². The molecule has 2 aromatic carbocycles. The largest absolute Gasteiger partial charge is 0.495 e. The zero-order chi connectivity index (χ0) is 34.7. The van der Waals surface area contributed by atoms with Gasteiger partial charge in [-0.25, -0.2) is 9.18 Å². The second-order valence-electron chi connectivity index (χ2n) is 11.2. The lowest BCUT2D eigenvalue weighted by molar-refractivity contribution is -0.173. The highest BCUT2D eigenvalue weighted by Crippen LogP contribution is 2.55. The number of amides is 2. The van der Waals surface area contributed by atoms with Crippen molar-refractivity contribution in [2.45, 2.75) is 43.9 Å². The summed E-state index contributed by atoms with van der Waals surface area (Å²) in [6.45, 7) is 5.96. The molecular formula is C33H33Cl2F4N3O5. The summed E-state index contributed by atoms with van der Waals surface area (Å²) in [5.74, 6) is -4.89. The molecule has 14 heteroatoms. The van der Waals surface area contributed by atoms with E-state index in [1.54, 1.807) is 13.0 Å². The lowest BCUT2D eigenvalue weighted by Crippen LogP contribution is -2.50. The number of benzene rings is 2. The van der Waals surface area contributed by atoms with Gasteiger partial charge in [-0.05, 0) is 60.9 Å². The standard InChI is InChI=1S/C33H33Cl2F4N3O5/c1-5-47-30(44)19-9-12-23(25(14-19)46-4)40-29(43)28-27(17(2)7-6-8-21(35)16-36)32(26(42-28)13-18(3)33(37,38)39)22-11-10-20(34)15-24(22)41-31(32)45/h6-12,14-15,18,26-28,42H,2,5,13,16H2,1,3-4H3,(H,40,43)(H,41,45)/b7-6-,21-8+/t18-,26+,27+,28-,32-/m1/s1. The molecule has 2 aliphatic rings. The highest BCUT2D eigenvalue weighted by atomic mass is 35.5. The summed E-state index contributed by atoms with van der Waals surface area (Å²) in [7, 11) is 1.33. The summed E-state index contributed by atoms with van der Waals surface area (Å²) in [6.07, 6.45) is -1.10. The Labute approximate surface area is 279 Å². The maximum absolute atomic E-state index is 14.1. The van der Waals surface area contributed by atoms with E-state index in [9.17, 15) is 31.9 Å². The van der Waals surface area contributed by atoms with E-state index in [-0.39, 0.29) is 44.9 Å². The number of anilines is 2. The molecule has 2 aromatic rings. The molecule has 0 unspecified atom stereocenters. The van der Waals surface area contributed by atoms with Crippen molar-refractivity contribution in [1.29, 1.82) is 0 Å². The Balaban J connectivity index is 1.85. The van der Waals surface area contributed by atoms with Crippen LogP contribution < -0.4 is 20.7 Å². The van der Waals surface area contributed by atoms with Crippen molar-refractivity contribution in [3.05, 3.63) is 88.0 Å². The Bertz CT molecular complexity index is 1630. The van der Waals surface area contributed by atoms with Crippen LogP contribution in [0, 0.1) is 11.8 Å². The van der Waals surface area contributed by atoms with Crippen molar-refractivity contribution in [2.75, 3.05) is 31.0 Å². The third-order valence-electron chi connectivity index (χ3n) is 8.32. The molecule has 3 N–H and O–H groups in total. The number of esters is 1. The lowest BCUT2D eigenvalue weighted by Gasteiger charge is -2.36. The topological polar surface area (TPSA) is 106 Å².